The Balaban J connectivity index is 2.35. The predicted molar refractivity (Wildman–Crippen MR) is 89.4 cm³/mol. The van der Waals surface area contributed by atoms with E-state index in [1.807, 2.05) is 55.6 Å². The summed E-state index contributed by atoms with van der Waals surface area (Å²) in [5, 5.41) is 4.87. The molecule has 1 N–H and O–H groups in total. The Morgan fingerprint density at radius 2 is 1.85 bits per heavy atom. The summed E-state index contributed by atoms with van der Waals surface area (Å²) in [7, 11) is 1.90. The highest BCUT2D eigenvalue weighted by molar-refractivity contribution is 9.10. The highest BCUT2D eigenvalue weighted by atomic mass is 79.9. The van der Waals surface area contributed by atoms with Crippen LogP contribution in [0.4, 0.5) is 5.69 Å². The SMILES string of the molecule is CNc1cc(-c2ccccc2)nc2c(Cl)ccc(Br)c12. The average Bonchev–Trinajstić information content (AvgIpc) is 2.51. The van der Waals surface area contributed by atoms with Crippen LogP contribution in [0.5, 0.6) is 0 Å². The third-order valence-electron chi connectivity index (χ3n) is 3.20. The van der Waals surface area contributed by atoms with E-state index in [0.29, 0.717) is 5.02 Å². The fourth-order valence-electron chi connectivity index (χ4n) is 2.22. The molecule has 0 amide bonds. The summed E-state index contributed by atoms with van der Waals surface area (Å²) in [4.78, 5) is 4.71. The van der Waals surface area contributed by atoms with Gasteiger partial charge in [-0.05, 0) is 18.2 Å². The van der Waals surface area contributed by atoms with Crippen molar-refractivity contribution >= 4 is 44.1 Å². The second-order valence-corrected chi connectivity index (χ2v) is 5.69. The molecule has 3 rings (SSSR count). The summed E-state index contributed by atoms with van der Waals surface area (Å²) in [5.74, 6) is 0. The summed E-state index contributed by atoms with van der Waals surface area (Å²) in [6.07, 6.45) is 0. The number of rotatable bonds is 2. The van der Waals surface area contributed by atoms with Crippen LogP contribution in [-0.2, 0) is 0 Å². The molecule has 0 aliphatic heterocycles. The fourth-order valence-corrected chi connectivity index (χ4v) is 2.96. The molecule has 0 aliphatic carbocycles. The molecule has 2 nitrogen and oxygen atoms in total. The highest BCUT2D eigenvalue weighted by Crippen LogP contribution is 2.36. The second kappa shape index (κ2) is 5.43. The van der Waals surface area contributed by atoms with Gasteiger partial charge in [0, 0.05) is 28.2 Å². The number of anilines is 1. The van der Waals surface area contributed by atoms with Gasteiger partial charge in [0.25, 0.3) is 0 Å². The minimum atomic E-state index is 0.650. The molecule has 0 saturated heterocycles. The molecule has 3 aromatic rings. The van der Waals surface area contributed by atoms with Crippen LogP contribution in [0.2, 0.25) is 5.02 Å². The number of benzene rings is 2. The van der Waals surface area contributed by atoms with E-state index >= 15 is 0 Å². The van der Waals surface area contributed by atoms with E-state index in [-0.39, 0.29) is 0 Å². The Morgan fingerprint density at radius 3 is 2.55 bits per heavy atom. The van der Waals surface area contributed by atoms with Crippen LogP contribution in [0.1, 0.15) is 0 Å². The minimum Gasteiger partial charge on any atom is -0.387 e. The molecule has 100 valence electrons. The lowest BCUT2D eigenvalue weighted by Gasteiger charge is -2.12. The third kappa shape index (κ3) is 2.28. The van der Waals surface area contributed by atoms with Crippen molar-refractivity contribution < 1.29 is 0 Å². The largest absolute Gasteiger partial charge is 0.387 e. The van der Waals surface area contributed by atoms with Crippen LogP contribution < -0.4 is 5.32 Å². The molecule has 4 heteroatoms. The molecule has 0 aliphatic rings. The quantitative estimate of drug-likeness (QED) is 0.675. The topological polar surface area (TPSA) is 24.9 Å². The smallest absolute Gasteiger partial charge is 0.0927 e. The van der Waals surface area contributed by atoms with Crippen LogP contribution >= 0.6 is 27.5 Å². The normalized spacial score (nSPS) is 10.8. The summed E-state index contributed by atoms with van der Waals surface area (Å²) < 4.78 is 0.980. The summed E-state index contributed by atoms with van der Waals surface area (Å²) in [6.45, 7) is 0. The van der Waals surface area contributed by atoms with Crippen LogP contribution in [0.15, 0.2) is 53.0 Å². The number of halogens is 2. The molecule has 1 heterocycles. The maximum absolute atomic E-state index is 6.31. The van der Waals surface area contributed by atoms with Gasteiger partial charge in [-0.15, -0.1) is 0 Å². The number of pyridine rings is 1. The molecular weight excluding hydrogens is 336 g/mol. The van der Waals surface area contributed by atoms with Crippen molar-refractivity contribution in [3.8, 4) is 11.3 Å². The van der Waals surface area contributed by atoms with E-state index in [1.165, 1.54) is 0 Å². The van der Waals surface area contributed by atoms with Crippen molar-refractivity contribution in [1.82, 2.24) is 4.98 Å². The predicted octanol–water partition coefficient (Wildman–Crippen LogP) is 5.36. The second-order valence-electron chi connectivity index (χ2n) is 4.42. The molecule has 0 spiro atoms. The molecule has 0 bridgehead atoms. The maximum Gasteiger partial charge on any atom is 0.0927 e. The number of aromatic nitrogens is 1. The molecule has 0 unspecified atom stereocenters. The number of hydrogen-bond acceptors (Lipinski definition) is 2. The van der Waals surface area contributed by atoms with Crippen LogP contribution in [0.3, 0.4) is 0 Å². The zero-order chi connectivity index (χ0) is 14.1. The lowest BCUT2D eigenvalue weighted by Crippen LogP contribution is -1.95. The van der Waals surface area contributed by atoms with Gasteiger partial charge in [-0.25, -0.2) is 4.98 Å². The maximum atomic E-state index is 6.31. The number of fused-ring (bicyclic) bond motifs is 1. The first-order valence-electron chi connectivity index (χ1n) is 6.22. The minimum absolute atomic E-state index is 0.650. The number of nitrogens with zero attached hydrogens (tertiary/aromatic N) is 1. The molecule has 20 heavy (non-hydrogen) atoms. The van der Waals surface area contributed by atoms with Crippen molar-refractivity contribution in [2.24, 2.45) is 0 Å². The van der Waals surface area contributed by atoms with E-state index in [1.54, 1.807) is 0 Å². The van der Waals surface area contributed by atoms with Gasteiger partial charge in [-0.2, -0.15) is 0 Å². The van der Waals surface area contributed by atoms with Crippen molar-refractivity contribution in [2.75, 3.05) is 12.4 Å². The van der Waals surface area contributed by atoms with Crippen molar-refractivity contribution in [3.63, 3.8) is 0 Å². The van der Waals surface area contributed by atoms with Gasteiger partial charge in [0.15, 0.2) is 0 Å². The van der Waals surface area contributed by atoms with E-state index in [2.05, 4.69) is 21.2 Å². The summed E-state index contributed by atoms with van der Waals surface area (Å²) in [5.41, 5.74) is 3.78. The summed E-state index contributed by atoms with van der Waals surface area (Å²) in [6, 6.07) is 15.9. The lowest BCUT2D eigenvalue weighted by atomic mass is 10.1. The van der Waals surface area contributed by atoms with Gasteiger partial charge < -0.3 is 5.32 Å². The standard InChI is InChI=1S/C16H12BrClN2/c1-19-14-9-13(10-5-3-2-4-6-10)20-16-12(18)8-7-11(17)15(14)16/h2-9H,1H3,(H,19,20). The molecule has 0 atom stereocenters. The summed E-state index contributed by atoms with van der Waals surface area (Å²) >= 11 is 9.87. The number of hydrogen-bond donors (Lipinski definition) is 1. The first kappa shape index (κ1) is 13.4. The molecular formula is C16H12BrClN2. The lowest BCUT2D eigenvalue weighted by molar-refractivity contribution is 1.38. The van der Waals surface area contributed by atoms with Gasteiger partial charge in [0.05, 0.1) is 16.2 Å². The van der Waals surface area contributed by atoms with E-state index < -0.39 is 0 Å². The van der Waals surface area contributed by atoms with E-state index in [4.69, 9.17) is 16.6 Å². The molecule has 1 aromatic heterocycles. The van der Waals surface area contributed by atoms with Gasteiger partial charge in [0.2, 0.25) is 0 Å². The molecule has 0 radical (unpaired) electrons. The zero-order valence-electron chi connectivity index (χ0n) is 10.8. The average molecular weight is 348 g/mol. The number of nitrogens with one attached hydrogen (secondary N) is 1. The first-order valence-corrected chi connectivity index (χ1v) is 7.39. The van der Waals surface area contributed by atoms with Crippen LogP contribution in [-0.4, -0.2) is 12.0 Å². The third-order valence-corrected chi connectivity index (χ3v) is 4.17. The zero-order valence-corrected chi connectivity index (χ0v) is 13.2. The Labute approximate surface area is 130 Å². The monoisotopic (exact) mass is 346 g/mol. The van der Waals surface area contributed by atoms with Gasteiger partial charge >= 0.3 is 0 Å². The van der Waals surface area contributed by atoms with Crippen LogP contribution in [0.25, 0.3) is 22.2 Å². The molecule has 0 saturated carbocycles. The molecule has 0 fully saturated rings. The van der Waals surface area contributed by atoms with Gasteiger partial charge in [0.1, 0.15) is 0 Å². The highest BCUT2D eigenvalue weighted by Gasteiger charge is 2.12. The van der Waals surface area contributed by atoms with Crippen molar-refractivity contribution in [2.45, 2.75) is 0 Å². The van der Waals surface area contributed by atoms with Gasteiger partial charge in [-0.3, -0.25) is 0 Å². The van der Waals surface area contributed by atoms with Crippen LogP contribution in [0, 0.1) is 0 Å². The molecule has 2 aromatic carbocycles. The fraction of sp³-hybridized carbons (Fsp3) is 0.0625. The van der Waals surface area contributed by atoms with E-state index in [9.17, 15) is 0 Å². The Morgan fingerprint density at radius 1 is 1.10 bits per heavy atom. The van der Waals surface area contributed by atoms with Gasteiger partial charge in [-0.1, -0.05) is 57.9 Å². The Bertz CT molecular complexity index is 772. The van der Waals surface area contributed by atoms with Crippen molar-refractivity contribution in [1.29, 1.82) is 0 Å². The Kier molecular flexibility index (Phi) is 3.64. The van der Waals surface area contributed by atoms with Crippen molar-refractivity contribution in [3.05, 3.63) is 58.0 Å². The Hall–Kier alpha value is -1.58. The first-order chi connectivity index (χ1) is 9.70. The van der Waals surface area contributed by atoms with E-state index in [0.717, 1.165) is 32.3 Å².